The molecule has 1 aromatic rings. The van der Waals surface area contributed by atoms with E-state index < -0.39 is 17.8 Å². The van der Waals surface area contributed by atoms with Gasteiger partial charge in [0.1, 0.15) is 0 Å². The highest BCUT2D eigenvalue weighted by molar-refractivity contribution is 5.78. The van der Waals surface area contributed by atoms with Crippen molar-refractivity contribution in [3.05, 3.63) is 17.5 Å². The lowest BCUT2D eigenvalue weighted by Gasteiger charge is -2.20. The monoisotopic (exact) mass is 357 g/mol. The normalized spacial score (nSPS) is 21.0. The van der Waals surface area contributed by atoms with Crippen LogP contribution in [0.15, 0.2) is 6.07 Å². The van der Waals surface area contributed by atoms with Crippen molar-refractivity contribution in [2.75, 3.05) is 0 Å². The van der Waals surface area contributed by atoms with Gasteiger partial charge in [0.15, 0.2) is 5.69 Å². The summed E-state index contributed by atoms with van der Waals surface area (Å²) in [7, 11) is 0. The van der Waals surface area contributed by atoms with Gasteiger partial charge in [0.2, 0.25) is 5.91 Å². The Hall–Kier alpha value is -1.53. The predicted octanol–water partition coefficient (Wildman–Crippen LogP) is 4.25. The second kappa shape index (κ2) is 7.38. The molecule has 0 aromatic carbocycles. The van der Waals surface area contributed by atoms with Crippen LogP contribution in [-0.2, 0) is 17.5 Å². The van der Waals surface area contributed by atoms with Crippen LogP contribution in [0.2, 0.25) is 0 Å². The van der Waals surface area contributed by atoms with Gasteiger partial charge in [-0.05, 0) is 31.7 Å². The van der Waals surface area contributed by atoms with Gasteiger partial charge in [0.25, 0.3) is 0 Å². The summed E-state index contributed by atoms with van der Waals surface area (Å²) < 4.78 is 40.3. The van der Waals surface area contributed by atoms with Gasteiger partial charge in [0, 0.05) is 17.7 Å². The molecule has 25 heavy (non-hydrogen) atoms. The van der Waals surface area contributed by atoms with Crippen molar-refractivity contribution in [3.8, 4) is 0 Å². The van der Waals surface area contributed by atoms with E-state index in [-0.39, 0.29) is 24.4 Å². The molecular weight excluding hydrogens is 331 g/mol. The number of carbonyl (C=O) groups is 1. The van der Waals surface area contributed by atoms with Crippen molar-refractivity contribution in [3.63, 3.8) is 0 Å². The fourth-order valence-corrected chi connectivity index (χ4v) is 3.53. The number of rotatable bonds is 5. The number of aromatic nitrogens is 2. The van der Waals surface area contributed by atoms with Gasteiger partial charge in [0.05, 0.1) is 12.5 Å². The van der Waals surface area contributed by atoms with E-state index in [1.165, 1.54) is 17.5 Å². The number of carbonyl (C=O) groups excluding carboxylic acids is 1. The number of alkyl halides is 3. The van der Waals surface area contributed by atoms with Crippen molar-refractivity contribution in [1.29, 1.82) is 0 Å². The molecule has 7 heteroatoms. The number of nitrogens with zero attached hydrogens (tertiary/aromatic N) is 2. The number of halogens is 3. The summed E-state index contributed by atoms with van der Waals surface area (Å²) in [6, 6.07) is 1.34. The van der Waals surface area contributed by atoms with Crippen molar-refractivity contribution in [1.82, 2.24) is 15.1 Å². The molecule has 2 aliphatic carbocycles. The molecule has 2 fully saturated rings. The largest absolute Gasteiger partial charge is 0.435 e. The molecule has 2 aliphatic rings. The Bertz CT molecular complexity index is 599. The molecule has 0 radical (unpaired) electrons. The minimum Gasteiger partial charge on any atom is -0.353 e. The third-order valence-corrected chi connectivity index (χ3v) is 5.19. The zero-order valence-electron chi connectivity index (χ0n) is 14.6. The molecule has 1 heterocycles. The SMILES string of the molecule is CC(Cn1nc(C(F)(F)F)cc1C1CC1)C(=O)NC1CCCCCC1. The third-order valence-electron chi connectivity index (χ3n) is 5.19. The molecule has 0 aliphatic heterocycles. The number of hydrogen-bond donors (Lipinski definition) is 1. The van der Waals surface area contributed by atoms with Gasteiger partial charge in [-0.25, -0.2) is 0 Å². The molecule has 1 aromatic heterocycles. The fraction of sp³-hybridized carbons (Fsp3) is 0.778. The smallest absolute Gasteiger partial charge is 0.353 e. The summed E-state index contributed by atoms with van der Waals surface area (Å²) in [6.45, 7) is 1.96. The molecule has 1 amide bonds. The zero-order valence-corrected chi connectivity index (χ0v) is 14.6. The Labute approximate surface area is 146 Å². The van der Waals surface area contributed by atoms with Crippen molar-refractivity contribution >= 4 is 5.91 Å². The molecule has 0 spiro atoms. The molecule has 0 bridgehead atoms. The molecule has 1 atom stereocenters. The fourth-order valence-electron chi connectivity index (χ4n) is 3.53. The predicted molar refractivity (Wildman–Crippen MR) is 88.0 cm³/mol. The summed E-state index contributed by atoms with van der Waals surface area (Å²) in [5.74, 6) is -0.333. The van der Waals surface area contributed by atoms with Gasteiger partial charge in [-0.15, -0.1) is 0 Å². The summed E-state index contributed by atoms with van der Waals surface area (Å²) in [6.07, 6.45) is 3.99. The molecule has 1 unspecified atom stereocenters. The quantitative estimate of drug-likeness (QED) is 0.801. The topological polar surface area (TPSA) is 46.9 Å². The Morgan fingerprint density at radius 3 is 2.44 bits per heavy atom. The molecule has 0 saturated heterocycles. The Morgan fingerprint density at radius 1 is 1.24 bits per heavy atom. The maximum absolute atomic E-state index is 13.0. The van der Waals surface area contributed by atoms with Crippen LogP contribution in [0.3, 0.4) is 0 Å². The summed E-state index contributed by atoms with van der Waals surface area (Å²) >= 11 is 0. The molecule has 1 N–H and O–H groups in total. The first-order valence-corrected chi connectivity index (χ1v) is 9.30. The molecular formula is C18H26F3N3O. The van der Waals surface area contributed by atoms with Crippen LogP contribution >= 0.6 is 0 Å². The van der Waals surface area contributed by atoms with E-state index in [0.29, 0.717) is 5.69 Å². The highest BCUT2D eigenvalue weighted by Gasteiger charge is 2.38. The van der Waals surface area contributed by atoms with Crippen LogP contribution in [-0.4, -0.2) is 21.7 Å². The molecule has 4 nitrogen and oxygen atoms in total. The maximum Gasteiger partial charge on any atom is 0.435 e. The zero-order chi connectivity index (χ0) is 18.0. The van der Waals surface area contributed by atoms with Crippen LogP contribution in [0.4, 0.5) is 13.2 Å². The van der Waals surface area contributed by atoms with Crippen LogP contribution in [0, 0.1) is 5.92 Å². The lowest BCUT2D eigenvalue weighted by atomic mass is 10.1. The Balaban J connectivity index is 1.64. The highest BCUT2D eigenvalue weighted by atomic mass is 19.4. The number of hydrogen-bond acceptors (Lipinski definition) is 2. The van der Waals surface area contributed by atoms with Crippen molar-refractivity contribution in [2.45, 2.75) is 83.0 Å². The van der Waals surface area contributed by atoms with Gasteiger partial charge in [-0.2, -0.15) is 18.3 Å². The lowest BCUT2D eigenvalue weighted by Crippen LogP contribution is -2.39. The second-order valence-corrected chi connectivity index (χ2v) is 7.51. The Morgan fingerprint density at radius 2 is 1.88 bits per heavy atom. The first-order chi connectivity index (χ1) is 11.8. The summed E-state index contributed by atoms with van der Waals surface area (Å²) in [5, 5.41) is 6.82. The minimum atomic E-state index is -4.44. The van der Waals surface area contributed by atoms with E-state index in [1.54, 1.807) is 6.92 Å². The Kier molecular flexibility index (Phi) is 5.39. The van der Waals surface area contributed by atoms with E-state index >= 15 is 0 Å². The molecule has 2 saturated carbocycles. The van der Waals surface area contributed by atoms with Gasteiger partial charge in [-0.3, -0.25) is 9.48 Å². The van der Waals surface area contributed by atoms with Gasteiger partial charge in [-0.1, -0.05) is 32.6 Å². The first kappa shape index (κ1) is 18.3. The maximum atomic E-state index is 13.0. The first-order valence-electron chi connectivity index (χ1n) is 9.30. The standard InChI is InChI=1S/C18H26F3N3O/c1-12(17(25)22-14-6-4-2-3-5-7-14)11-24-15(13-8-9-13)10-16(23-24)18(19,20)21/h10,12-14H,2-9,11H2,1H3,(H,22,25). The van der Waals surface area contributed by atoms with E-state index in [9.17, 15) is 18.0 Å². The van der Waals surface area contributed by atoms with E-state index in [1.807, 2.05) is 0 Å². The molecule has 140 valence electrons. The van der Waals surface area contributed by atoms with Crippen LogP contribution < -0.4 is 5.32 Å². The van der Waals surface area contributed by atoms with Crippen LogP contribution in [0.5, 0.6) is 0 Å². The van der Waals surface area contributed by atoms with Gasteiger partial charge < -0.3 is 5.32 Å². The van der Waals surface area contributed by atoms with Crippen molar-refractivity contribution < 1.29 is 18.0 Å². The summed E-state index contributed by atoms with van der Waals surface area (Å²) in [5.41, 5.74) is -0.243. The highest BCUT2D eigenvalue weighted by Crippen LogP contribution is 2.42. The van der Waals surface area contributed by atoms with Gasteiger partial charge >= 0.3 is 6.18 Å². The number of nitrogens with one attached hydrogen (secondary N) is 1. The lowest BCUT2D eigenvalue weighted by molar-refractivity contribution is -0.141. The van der Waals surface area contributed by atoms with Crippen LogP contribution in [0.1, 0.15) is 75.6 Å². The van der Waals surface area contributed by atoms with Crippen LogP contribution in [0.25, 0.3) is 0 Å². The van der Waals surface area contributed by atoms with E-state index in [2.05, 4.69) is 10.4 Å². The molecule has 3 rings (SSSR count). The average molecular weight is 357 g/mol. The summed E-state index contributed by atoms with van der Waals surface area (Å²) in [4.78, 5) is 12.5. The second-order valence-electron chi connectivity index (χ2n) is 7.51. The number of amides is 1. The third kappa shape index (κ3) is 4.76. The van der Waals surface area contributed by atoms with E-state index in [4.69, 9.17) is 0 Å². The average Bonchev–Trinajstić information content (AvgIpc) is 3.33. The van der Waals surface area contributed by atoms with Crippen molar-refractivity contribution in [2.24, 2.45) is 5.92 Å². The minimum absolute atomic E-state index is 0.0855. The van der Waals surface area contributed by atoms with E-state index in [0.717, 1.165) is 44.6 Å².